The van der Waals surface area contributed by atoms with Gasteiger partial charge in [-0.05, 0) is 24.3 Å². The molecule has 6 heteroatoms. The molecule has 0 saturated heterocycles. The molecule has 0 radical (unpaired) electrons. The van der Waals surface area contributed by atoms with Crippen molar-refractivity contribution in [2.24, 2.45) is 0 Å². The summed E-state index contributed by atoms with van der Waals surface area (Å²) < 4.78 is 44.1. The average Bonchev–Trinajstić information content (AvgIpc) is 2.86. The first-order valence-corrected chi connectivity index (χ1v) is 6.59. The quantitative estimate of drug-likeness (QED) is 0.707. The van der Waals surface area contributed by atoms with Crippen molar-refractivity contribution in [1.29, 1.82) is 0 Å². The van der Waals surface area contributed by atoms with Crippen LogP contribution in [0.25, 0.3) is 10.9 Å². The summed E-state index contributed by atoms with van der Waals surface area (Å²) in [5.41, 5.74) is 7.12. The van der Waals surface area contributed by atoms with E-state index < -0.39 is 11.7 Å². The van der Waals surface area contributed by atoms with Crippen LogP contribution >= 0.6 is 0 Å². The van der Waals surface area contributed by atoms with Gasteiger partial charge in [0.25, 0.3) is 0 Å². The van der Waals surface area contributed by atoms with Crippen LogP contribution in [0.3, 0.4) is 0 Å². The molecule has 0 amide bonds. The summed E-state index contributed by atoms with van der Waals surface area (Å²) in [5, 5.41) is 0.874. The van der Waals surface area contributed by atoms with Crippen LogP contribution in [0, 0.1) is 0 Å². The molecule has 3 rings (SSSR count). The maximum Gasteiger partial charge on any atom is 0.419 e. The van der Waals surface area contributed by atoms with Crippen LogP contribution in [-0.4, -0.2) is 4.98 Å². The molecule has 0 aliphatic carbocycles. The highest BCUT2D eigenvalue weighted by atomic mass is 19.4. The Balaban J connectivity index is 1.86. The number of nitrogen functional groups attached to an aromatic ring is 1. The highest BCUT2D eigenvalue weighted by Gasteiger charge is 2.34. The lowest BCUT2D eigenvalue weighted by molar-refractivity contribution is -0.139. The molecule has 3 N–H and O–H groups in total. The molecule has 22 heavy (non-hydrogen) atoms. The number of ether oxygens (including phenoxy) is 1. The number of hydrogen-bond donors (Lipinski definition) is 2. The second-order valence-electron chi connectivity index (χ2n) is 4.90. The highest BCUT2D eigenvalue weighted by Crippen LogP contribution is 2.36. The van der Waals surface area contributed by atoms with Crippen molar-refractivity contribution in [3.05, 3.63) is 59.8 Å². The van der Waals surface area contributed by atoms with Gasteiger partial charge in [-0.25, -0.2) is 0 Å². The molecular formula is C16H13F3N2O. The Kier molecular flexibility index (Phi) is 3.44. The summed E-state index contributed by atoms with van der Waals surface area (Å²) in [7, 11) is 0. The molecular weight excluding hydrogens is 293 g/mol. The smallest absolute Gasteiger partial charge is 0.419 e. The minimum Gasteiger partial charge on any atom is -0.488 e. The minimum atomic E-state index is -4.44. The van der Waals surface area contributed by atoms with Gasteiger partial charge in [0, 0.05) is 28.4 Å². The van der Waals surface area contributed by atoms with Gasteiger partial charge in [0.2, 0.25) is 0 Å². The number of aromatic amines is 1. The summed E-state index contributed by atoms with van der Waals surface area (Å²) in [6.45, 7) is 0.0387. The van der Waals surface area contributed by atoms with Gasteiger partial charge in [0.15, 0.2) is 0 Å². The van der Waals surface area contributed by atoms with Crippen LogP contribution in [0.5, 0.6) is 5.75 Å². The summed E-state index contributed by atoms with van der Waals surface area (Å²) in [6, 6.07) is 10.5. The van der Waals surface area contributed by atoms with E-state index in [2.05, 4.69) is 4.98 Å². The van der Waals surface area contributed by atoms with E-state index in [0.29, 0.717) is 5.69 Å². The molecule has 0 aliphatic rings. The van der Waals surface area contributed by atoms with Crippen molar-refractivity contribution in [2.45, 2.75) is 12.8 Å². The third-order valence-corrected chi connectivity index (χ3v) is 3.37. The summed E-state index contributed by atoms with van der Waals surface area (Å²) in [5.74, 6) is -0.181. The average molecular weight is 306 g/mol. The zero-order chi connectivity index (χ0) is 15.7. The van der Waals surface area contributed by atoms with Crippen molar-refractivity contribution in [1.82, 2.24) is 4.98 Å². The molecule has 1 heterocycles. The molecule has 0 bridgehead atoms. The van der Waals surface area contributed by atoms with Crippen molar-refractivity contribution in [3.63, 3.8) is 0 Å². The zero-order valence-electron chi connectivity index (χ0n) is 11.4. The van der Waals surface area contributed by atoms with Gasteiger partial charge in [-0.15, -0.1) is 0 Å². The summed E-state index contributed by atoms with van der Waals surface area (Å²) in [6.07, 6.45) is -2.73. The lowest BCUT2D eigenvalue weighted by atomic mass is 10.1. The molecule has 0 aliphatic heterocycles. The molecule has 2 aromatic carbocycles. The van der Waals surface area contributed by atoms with E-state index in [0.717, 1.165) is 22.5 Å². The monoisotopic (exact) mass is 306 g/mol. The predicted molar refractivity (Wildman–Crippen MR) is 78.5 cm³/mol. The number of para-hydroxylation sites is 1. The fraction of sp³-hybridized carbons (Fsp3) is 0.125. The standard InChI is InChI=1S/C16H13F3N2O/c17-16(18,19)13-3-1-2-4-15(13)22-9-10-8-21-14-7-11(20)5-6-12(10)14/h1-8,21H,9,20H2. The van der Waals surface area contributed by atoms with Gasteiger partial charge in [0.1, 0.15) is 12.4 Å². The first kappa shape index (κ1) is 14.3. The van der Waals surface area contributed by atoms with E-state index in [-0.39, 0.29) is 12.4 Å². The SMILES string of the molecule is Nc1ccc2c(COc3ccccc3C(F)(F)F)c[nH]c2c1. The van der Waals surface area contributed by atoms with E-state index in [4.69, 9.17) is 10.5 Å². The summed E-state index contributed by atoms with van der Waals surface area (Å²) >= 11 is 0. The van der Waals surface area contributed by atoms with Crippen molar-refractivity contribution >= 4 is 16.6 Å². The number of H-pyrrole nitrogens is 1. The largest absolute Gasteiger partial charge is 0.488 e. The van der Waals surface area contributed by atoms with Gasteiger partial charge < -0.3 is 15.5 Å². The van der Waals surface area contributed by atoms with E-state index in [1.54, 1.807) is 18.3 Å². The van der Waals surface area contributed by atoms with Gasteiger partial charge in [-0.2, -0.15) is 13.2 Å². The molecule has 0 atom stereocenters. The molecule has 0 spiro atoms. The van der Waals surface area contributed by atoms with Crippen molar-refractivity contribution in [2.75, 3.05) is 5.73 Å². The fourth-order valence-electron chi connectivity index (χ4n) is 2.31. The predicted octanol–water partition coefficient (Wildman–Crippen LogP) is 4.35. The topological polar surface area (TPSA) is 51.0 Å². The number of nitrogens with two attached hydrogens (primary N) is 1. The van der Waals surface area contributed by atoms with Crippen LogP contribution in [0.2, 0.25) is 0 Å². The lowest BCUT2D eigenvalue weighted by Gasteiger charge is -2.13. The molecule has 114 valence electrons. The van der Waals surface area contributed by atoms with Gasteiger partial charge in [0.05, 0.1) is 5.56 Å². The van der Waals surface area contributed by atoms with E-state index in [1.807, 2.05) is 6.07 Å². The Bertz CT molecular complexity index is 809. The first-order chi connectivity index (χ1) is 10.4. The van der Waals surface area contributed by atoms with Crippen LogP contribution < -0.4 is 10.5 Å². The Morgan fingerprint density at radius 2 is 1.86 bits per heavy atom. The number of fused-ring (bicyclic) bond motifs is 1. The van der Waals surface area contributed by atoms with Gasteiger partial charge >= 0.3 is 6.18 Å². The first-order valence-electron chi connectivity index (χ1n) is 6.59. The van der Waals surface area contributed by atoms with E-state index in [9.17, 15) is 13.2 Å². The second-order valence-corrected chi connectivity index (χ2v) is 4.90. The normalized spacial score (nSPS) is 11.8. The number of hydrogen-bond acceptors (Lipinski definition) is 2. The fourth-order valence-corrected chi connectivity index (χ4v) is 2.31. The second kappa shape index (κ2) is 5.29. The van der Waals surface area contributed by atoms with Gasteiger partial charge in [-0.3, -0.25) is 0 Å². The van der Waals surface area contributed by atoms with Crippen LogP contribution in [0.15, 0.2) is 48.7 Å². The zero-order valence-corrected chi connectivity index (χ0v) is 11.4. The van der Waals surface area contributed by atoms with Crippen LogP contribution in [-0.2, 0) is 12.8 Å². The maximum atomic E-state index is 12.9. The van der Waals surface area contributed by atoms with Crippen molar-refractivity contribution in [3.8, 4) is 5.75 Å². The van der Waals surface area contributed by atoms with Crippen LogP contribution in [0.1, 0.15) is 11.1 Å². The van der Waals surface area contributed by atoms with Crippen LogP contribution in [0.4, 0.5) is 18.9 Å². The summed E-state index contributed by atoms with van der Waals surface area (Å²) in [4.78, 5) is 3.03. The third kappa shape index (κ3) is 2.72. The Labute approximate surface area is 124 Å². The van der Waals surface area contributed by atoms with E-state index >= 15 is 0 Å². The number of anilines is 1. The lowest BCUT2D eigenvalue weighted by Crippen LogP contribution is -2.08. The molecule has 0 saturated carbocycles. The molecule has 0 fully saturated rings. The number of halogens is 3. The molecule has 0 unspecified atom stereocenters. The maximum absolute atomic E-state index is 12.9. The number of benzene rings is 2. The molecule has 3 nitrogen and oxygen atoms in total. The number of aromatic nitrogens is 1. The third-order valence-electron chi connectivity index (χ3n) is 3.37. The number of rotatable bonds is 3. The van der Waals surface area contributed by atoms with E-state index in [1.165, 1.54) is 18.2 Å². The highest BCUT2D eigenvalue weighted by molar-refractivity contribution is 5.85. The molecule has 1 aromatic heterocycles. The minimum absolute atomic E-state index is 0.0387. The Morgan fingerprint density at radius 3 is 2.64 bits per heavy atom. The Hall–Kier alpha value is -2.63. The van der Waals surface area contributed by atoms with Crippen molar-refractivity contribution < 1.29 is 17.9 Å². The van der Waals surface area contributed by atoms with Gasteiger partial charge in [-0.1, -0.05) is 18.2 Å². The Morgan fingerprint density at radius 1 is 1.09 bits per heavy atom. The number of alkyl halides is 3. The molecule has 3 aromatic rings. The number of nitrogens with one attached hydrogen (secondary N) is 1.